The maximum Gasteiger partial charge on any atom is 0.410 e. The highest BCUT2D eigenvalue weighted by Crippen LogP contribution is 2.24. The molecule has 0 saturated carbocycles. The van der Waals surface area contributed by atoms with E-state index in [1.807, 2.05) is 30.3 Å². The van der Waals surface area contributed by atoms with E-state index >= 15 is 0 Å². The van der Waals surface area contributed by atoms with Crippen LogP contribution in [0.1, 0.15) is 39.0 Å². The van der Waals surface area contributed by atoms with Crippen molar-refractivity contribution in [1.82, 2.24) is 4.90 Å². The highest BCUT2D eigenvalue weighted by Gasteiger charge is 2.37. The van der Waals surface area contributed by atoms with Crippen LogP contribution in [0.5, 0.6) is 0 Å². The smallest absolute Gasteiger partial charge is 0.410 e. The number of hydrogen-bond donors (Lipinski definition) is 0. The van der Waals surface area contributed by atoms with Crippen LogP contribution in [0, 0.1) is 0 Å². The van der Waals surface area contributed by atoms with Gasteiger partial charge in [-0.15, -0.1) is 0 Å². The molecule has 0 spiro atoms. The van der Waals surface area contributed by atoms with E-state index in [0.717, 1.165) is 5.56 Å². The predicted molar refractivity (Wildman–Crippen MR) is 119 cm³/mol. The van der Waals surface area contributed by atoms with Gasteiger partial charge in [-0.2, -0.15) is 0 Å². The Bertz CT molecular complexity index is 989. The largest absolute Gasteiger partial charge is 0.457 e. The first kappa shape index (κ1) is 23.1. The van der Waals surface area contributed by atoms with Crippen molar-refractivity contribution in [3.05, 3.63) is 59.9 Å². The highest BCUT2D eigenvalue weighted by molar-refractivity contribution is 5.98. The van der Waals surface area contributed by atoms with Gasteiger partial charge in [0, 0.05) is 25.2 Å². The molecule has 170 valence electrons. The minimum absolute atomic E-state index is 0.145. The number of carbonyl (C=O) groups excluding carboxylic acids is 3. The van der Waals surface area contributed by atoms with E-state index in [2.05, 4.69) is 0 Å². The van der Waals surface area contributed by atoms with Crippen molar-refractivity contribution in [3.63, 3.8) is 0 Å². The Hall–Kier alpha value is -3.55. The standard InChI is InChI=1S/C24H28N2O6/c1-17-22(28)26(15-14-25(17)23(29)30-16-18-8-6-5-7-9-18)20-12-10-19(31-20)11-13-21(27)32-24(2,3)4/h5-13,17H,14-16H2,1-4H3/b13-11+. The molecule has 1 aromatic heterocycles. The van der Waals surface area contributed by atoms with Crippen molar-refractivity contribution >= 4 is 29.9 Å². The molecule has 1 aliphatic heterocycles. The third-order valence-electron chi connectivity index (χ3n) is 4.76. The number of anilines is 1. The lowest BCUT2D eigenvalue weighted by molar-refractivity contribution is -0.148. The minimum atomic E-state index is -0.696. The number of carbonyl (C=O) groups is 3. The molecule has 1 atom stereocenters. The van der Waals surface area contributed by atoms with Crippen LogP contribution < -0.4 is 4.90 Å². The lowest BCUT2D eigenvalue weighted by Gasteiger charge is -2.37. The number of esters is 1. The molecule has 1 unspecified atom stereocenters. The second-order valence-corrected chi connectivity index (χ2v) is 8.44. The van der Waals surface area contributed by atoms with Gasteiger partial charge in [-0.05, 0) is 45.4 Å². The quantitative estimate of drug-likeness (QED) is 0.516. The first-order valence-electron chi connectivity index (χ1n) is 10.4. The zero-order valence-electron chi connectivity index (χ0n) is 18.7. The minimum Gasteiger partial charge on any atom is -0.457 e. The molecule has 0 aliphatic carbocycles. The molecule has 0 radical (unpaired) electrons. The van der Waals surface area contributed by atoms with E-state index in [0.29, 0.717) is 18.2 Å². The highest BCUT2D eigenvalue weighted by atomic mass is 16.6. The van der Waals surface area contributed by atoms with Crippen LogP contribution >= 0.6 is 0 Å². The Labute approximate surface area is 187 Å². The summed E-state index contributed by atoms with van der Waals surface area (Å²) >= 11 is 0. The van der Waals surface area contributed by atoms with Gasteiger partial charge >= 0.3 is 12.1 Å². The summed E-state index contributed by atoms with van der Waals surface area (Å²) in [6, 6.07) is 12.0. The van der Waals surface area contributed by atoms with Crippen LogP contribution in [-0.2, 0) is 25.7 Å². The summed E-state index contributed by atoms with van der Waals surface area (Å²) in [6.07, 6.45) is 2.23. The van der Waals surface area contributed by atoms with Crippen molar-refractivity contribution in [2.24, 2.45) is 0 Å². The molecular weight excluding hydrogens is 412 g/mol. The first-order chi connectivity index (χ1) is 15.1. The summed E-state index contributed by atoms with van der Waals surface area (Å²) in [4.78, 5) is 40.1. The summed E-state index contributed by atoms with van der Waals surface area (Å²) in [7, 11) is 0. The molecular formula is C24H28N2O6. The Kier molecular flexibility index (Phi) is 7.02. The van der Waals surface area contributed by atoms with Crippen LogP contribution in [0.2, 0.25) is 0 Å². The molecule has 1 fully saturated rings. The summed E-state index contributed by atoms with van der Waals surface area (Å²) in [5.74, 6) is 0.00622. The fourth-order valence-electron chi connectivity index (χ4n) is 3.20. The normalized spacial score (nSPS) is 17.0. The van der Waals surface area contributed by atoms with Gasteiger partial charge in [0.1, 0.15) is 24.0 Å². The lowest BCUT2D eigenvalue weighted by atomic mass is 10.2. The molecule has 32 heavy (non-hydrogen) atoms. The maximum absolute atomic E-state index is 12.9. The van der Waals surface area contributed by atoms with Crippen molar-refractivity contribution in [2.75, 3.05) is 18.0 Å². The van der Waals surface area contributed by atoms with Gasteiger partial charge in [0.2, 0.25) is 5.88 Å². The fraction of sp³-hybridized carbons (Fsp3) is 0.375. The molecule has 0 N–H and O–H groups in total. The van der Waals surface area contributed by atoms with Crippen molar-refractivity contribution in [2.45, 2.75) is 45.9 Å². The van der Waals surface area contributed by atoms with E-state index < -0.39 is 23.7 Å². The molecule has 2 amide bonds. The van der Waals surface area contributed by atoms with Gasteiger partial charge < -0.3 is 13.9 Å². The van der Waals surface area contributed by atoms with Crippen molar-refractivity contribution in [3.8, 4) is 0 Å². The molecule has 1 aromatic carbocycles. The molecule has 3 rings (SSSR count). The first-order valence-corrected chi connectivity index (χ1v) is 10.4. The Morgan fingerprint density at radius 2 is 1.84 bits per heavy atom. The average molecular weight is 440 g/mol. The fourth-order valence-corrected chi connectivity index (χ4v) is 3.20. The predicted octanol–water partition coefficient (Wildman–Crippen LogP) is 4.01. The summed E-state index contributed by atoms with van der Waals surface area (Å²) in [5, 5.41) is 0. The van der Waals surface area contributed by atoms with Gasteiger partial charge in [-0.25, -0.2) is 9.59 Å². The topological polar surface area (TPSA) is 89.3 Å². The van der Waals surface area contributed by atoms with Crippen LogP contribution in [0.15, 0.2) is 53.0 Å². The zero-order valence-corrected chi connectivity index (χ0v) is 18.7. The second-order valence-electron chi connectivity index (χ2n) is 8.44. The van der Waals surface area contributed by atoms with Gasteiger partial charge in [0.05, 0.1) is 0 Å². The maximum atomic E-state index is 12.9. The number of hydrogen-bond acceptors (Lipinski definition) is 6. The van der Waals surface area contributed by atoms with Gasteiger partial charge in [0.15, 0.2) is 0 Å². The van der Waals surface area contributed by atoms with E-state index in [-0.39, 0.29) is 19.1 Å². The lowest BCUT2D eigenvalue weighted by Crippen LogP contribution is -2.57. The Balaban J connectivity index is 1.58. The van der Waals surface area contributed by atoms with Crippen molar-refractivity contribution in [1.29, 1.82) is 0 Å². The van der Waals surface area contributed by atoms with Gasteiger partial charge in [0.25, 0.3) is 5.91 Å². The third kappa shape index (κ3) is 6.00. The number of amides is 2. The summed E-state index contributed by atoms with van der Waals surface area (Å²) in [6.45, 7) is 7.74. The molecule has 2 heterocycles. The third-order valence-corrected chi connectivity index (χ3v) is 4.76. The molecule has 1 aliphatic rings. The molecule has 2 aromatic rings. The SMILES string of the molecule is CC1C(=O)N(c2ccc(/C=C/C(=O)OC(C)(C)C)o2)CCN1C(=O)OCc1ccccc1. The second kappa shape index (κ2) is 9.72. The Morgan fingerprint density at radius 1 is 1.12 bits per heavy atom. The Morgan fingerprint density at radius 3 is 2.53 bits per heavy atom. The molecule has 1 saturated heterocycles. The van der Waals surface area contributed by atoms with E-state index in [1.54, 1.807) is 39.8 Å². The van der Waals surface area contributed by atoms with Crippen LogP contribution in [0.4, 0.5) is 10.7 Å². The summed E-state index contributed by atoms with van der Waals surface area (Å²) < 4.78 is 16.3. The van der Waals surface area contributed by atoms with E-state index in [1.165, 1.54) is 22.0 Å². The number of ether oxygens (including phenoxy) is 2. The number of rotatable bonds is 5. The number of benzene rings is 1. The number of furan rings is 1. The number of nitrogens with zero attached hydrogens (tertiary/aromatic N) is 2. The van der Waals surface area contributed by atoms with E-state index in [4.69, 9.17) is 13.9 Å². The molecule has 8 heteroatoms. The van der Waals surface area contributed by atoms with Crippen LogP contribution in [0.25, 0.3) is 6.08 Å². The number of piperazine rings is 1. The van der Waals surface area contributed by atoms with Crippen LogP contribution in [0.3, 0.4) is 0 Å². The van der Waals surface area contributed by atoms with Gasteiger partial charge in [-0.1, -0.05) is 30.3 Å². The van der Waals surface area contributed by atoms with Crippen LogP contribution in [-0.4, -0.2) is 47.6 Å². The zero-order chi connectivity index (χ0) is 23.3. The van der Waals surface area contributed by atoms with Crippen molar-refractivity contribution < 1.29 is 28.3 Å². The molecule has 8 nitrogen and oxygen atoms in total. The molecule has 0 bridgehead atoms. The monoisotopic (exact) mass is 440 g/mol. The summed E-state index contributed by atoms with van der Waals surface area (Å²) in [5.41, 5.74) is 0.293. The average Bonchev–Trinajstić information content (AvgIpc) is 3.21. The van der Waals surface area contributed by atoms with Gasteiger partial charge in [-0.3, -0.25) is 14.6 Å². The van der Waals surface area contributed by atoms with E-state index in [9.17, 15) is 14.4 Å².